The second kappa shape index (κ2) is 10.4. The van der Waals surface area contributed by atoms with Crippen LogP contribution < -0.4 is 20.1 Å². The summed E-state index contributed by atoms with van der Waals surface area (Å²) in [7, 11) is 1.66. The van der Waals surface area contributed by atoms with E-state index in [0.717, 1.165) is 39.4 Å². The Hall–Kier alpha value is -4.29. The zero-order chi connectivity index (χ0) is 25.9. The third-order valence-electron chi connectivity index (χ3n) is 6.94. The van der Waals surface area contributed by atoms with Gasteiger partial charge >= 0.3 is 0 Å². The van der Waals surface area contributed by atoms with E-state index in [1.165, 1.54) is 0 Å². The highest BCUT2D eigenvalue weighted by atomic mass is 16.5. The van der Waals surface area contributed by atoms with Crippen LogP contribution in [0.15, 0.2) is 53.0 Å². The van der Waals surface area contributed by atoms with Gasteiger partial charge in [0.05, 0.1) is 24.7 Å². The number of aliphatic hydroxyl groups is 1. The molecule has 0 spiro atoms. The van der Waals surface area contributed by atoms with Crippen molar-refractivity contribution in [2.24, 2.45) is 4.99 Å². The van der Waals surface area contributed by atoms with E-state index in [1.54, 1.807) is 18.3 Å². The molecule has 1 fully saturated rings. The summed E-state index contributed by atoms with van der Waals surface area (Å²) in [6, 6.07) is 13.8. The van der Waals surface area contributed by atoms with Gasteiger partial charge in [0.1, 0.15) is 36.4 Å². The van der Waals surface area contributed by atoms with Crippen molar-refractivity contribution < 1.29 is 19.4 Å². The minimum absolute atomic E-state index is 0.0961. The molecule has 0 bridgehead atoms. The maximum absolute atomic E-state index is 11.7. The highest BCUT2D eigenvalue weighted by Crippen LogP contribution is 2.35. The number of aliphatic imine (C=N–C) groups is 1. The Morgan fingerprint density at radius 3 is 2.76 bits per heavy atom. The summed E-state index contributed by atoms with van der Waals surface area (Å²) >= 11 is 0. The molecule has 3 aliphatic heterocycles. The SMILES string of the molecule is COc1ccc(C2=CC3=C(c4ccc(OC5CCN(C(=O)CO)CC5)c(C#N)c4)N=CN[C@@H]3N2)c(C)c1. The predicted molar refractivity (Wildman–Crippen MR) is 140 cm³/mol. The van der Waals surface area contributed by atoms with Crippen molar-refractivity contribution in [1.29, 1.82) is 5.26 Å². The zero-order valence-electron chi connectivity index (χ0n) is 20.8. The Morgan fingerprint density at radius 1 is 1.24 bits per heavy atom. The van der Waals surface area contributed by atoms with Gasteiger partial charge in [-0.3, -0.25) is 4.79 Å². The Kier molecular flexibility index (Phi) is 6.84. The highest BCUT2D eigenvalue weighted by Gasteiger charge is 2.29. The number of rotatable bonds is 6. The first-order valence-corrected chi connectivity index (χ1v) is 12.3. The van der Waals surface area contributed by atoms with Crippen LogP contribution in [0.5, 0.6) is 11.5 Å². The maximum atomic E-state index is 11.7. The molecule has 2 aromatic rings. The monoisotopic (exact) mass is 499 g/mol. The van der Waals surface area contributed by atoms with Gasteiger partial charge in [-0.15, -0.1) is 0 Å². The minimum atomic E-state index is -0.478. The lowest BCUT2D eigenvalue weighted by Crippen LogP contribution is -2.43. The first-order chi connectivity index (χ1) is 18.0. The molecule has 9 heteroatoms. The van der Waals surface area contributed by atoms with E-state index in [9.17, 15) is 10.1 Å². The second-order valence-corrected chi connectivity index (χ2v) is 9.22. The standard InChI is InChI=1S/C28H29N5O4/c1-17-11-21(36-2)4-5-22(17)24-13-23-27(30-16-31-28(23)32-24)18-3-6-25(19(12-18)14-29)37-20-7-9-33(10-8-20)26(35)15-34/h3-6,11-13,16,20,28,32,34H,7-10,15H2,1-2H3,(H,30,31)/t28-/m1/s1. The van der Waals surface area contributed by atoms with Gasteiger partial charge in [-0.1, -0.05) is 0 Å². The van der Waals surface area contributed by atoms with Crippen molar-refractivity contribution in [3.05, 3.63) is 70.3 Å². The number of likely N-dealkylation sites (tertiary alicyclic amines) is 1. The molecule has 1 saturated heterocycles. The lowest BCUT2D eigenvalue weighted by atomic mass is 10.0. The van der Waals surface area contributed by atoms with Gasteiger partial charge in [0.2, 0.25) is 5.91 Å². The van der Waals surface area contributed by atoms with Crippen LogP contribution >= 0.6 is 0 Å². The van der Waals surface area contributed by atoms with Crippen LogP contribution in [0.4, 0.5) is 0 Å². The number of aryl methyl sites for hydroxylation is 1. The van der Waals surface area contributed by atoms with Crippen LogP contribution in [0.1, 0.15) is 35.1 Å². The summed E-state index contributed by atoms with van der Waals surface area (Å²) in [5.41, 5.74) is 6.21. The average Bonchev–Trinajstić information content (AvgIpc) is 3.37. The van der Waals surface area contributed by atoms with Gasteiger partial charge in [0.15, 0.2) is 0 Å². The van der Waals surface area contributed by atoms with Crippen LogP contribution in [-0.2, 0) is 4.79 Å². The number of benzene rings is 2. The molecule has 2 aromatic carbocycles. The van der Waals surface area contributed by atoms with E-state index >= 15 is 0 Å². The number of carbonyl (C=O) groups excluding carboxylic acids is 1. The highest BCUT2D eigenvalue weighted by molar-refractivity contribution is 5.87. The molecule has 0 radical (unpaired) electrons. The number of fused-ring (bicyclic) bond motifs is 1. The zero-order valence-corrected chi connectivity index (χ0v) is 20.8. The van der Waals surface area contributed by atoms with Crippen molar-refractivity contribution in [2.45, 2.75) is 32.0 Å². The Morgan fingerprint density at radius 2 is 2.05 bits per heavy atom. The smallest absolute Gasteiger partial charge is 0.248 e. The number of nitrogens with one attached hydrogen (secondary N) is 2. The number of piperidine rings is 1. The second-order valence-electron chi connectivity index (χ2n) is 9.22. The number of hydrogen-bond donors (Lipinski definition) is 3. The van der Waals surface area contributed by atoms with Crippen molar-refractivity contribution in [1.82, 2.24) is 15.5 Å². The summed E-state index contributed by atoms with van der Waals surface area (Å²) in [5.74, 6) is 1.07. The van der Waals surface area contributed by atoms with Crippen LogP contribution in [0, 0.1) is 18.3 Å². The Balaban J connectivity index is 1.38. The molecule has 0 aromatic heterocycles. The third kappa shape index (κ3) is 4.88. The lowest BCUT2D eigenvalue weighted by Gasteiger charge is -2.32. The van der Waals surface area contributed by atoms with Crippen LogP contribution in [0.3, 0.4) is 0 Å². The van der Waals surface area contributed by atoms with E-state index in [1.807, 2.05) is 43.3 Å². The summed E-state index contributed by atoms with van der Waals surface area (Å²) in [6.07, 6.45) is 4.84. The van der Waals surface area contributed by atoms with E-state index < -0.39 is 6.61 Å². The van der Waals surface area contributed by atoms with Gasteiger partial charge < -0.3 is 30.1 Å². The van der Waals surface area contributed by atoms with Gasteiger partial charge in [-0.05, 0) is 55.0 Å². The molecule has 0 aliphatic carbocycles. The van der Waals surface area contributed by atoms with Gasteiger partial charge in [0.25, 0.3) is 0 Å². The molecule has 1 atom stereocenters. The molecule has 3 heterocycles. The van der Waals surface area contributed by atoms with Crippen LogP contribution in [0.2, 0.25) is 0 Å². The van der Waals surface area contributed by atoms with Gasteiger partial charge in [-0.25, -0.2) is 4.99 Å². The molecule has 190 valence electrons. The maximum Gasteiger partial charge on any atom is 0.248 e. The summed E-state index contributed by atoms with van der Waals surface area (Å²) in [4.78, 5) is 17.9. The fourth-order valence-corrected chi connectivity index (χ4v) is 4.93. The number of carbonyl (C=O) groups is 1. The van der Waals surface area contributed by atoms with Crippen LogP contribution in [0.25, 0.3) is 11.4 Å². The fourth-order valence-electron chi connectivity index (χ4n) is 4.93. The molecular formula is C28H29N5O4. The summed E-state index contributed by atoms with van der Waals surface area (Å²) in [5, 5.41) is 25.7. The lowest BCUT2D eigenvalue weighted by molar-refractivity contribution is -0.135. The molecule has 3 N–H and O–H groups in total. The van der Waals surface area contributed by atoms with Crippen LogP contribution in [-0.4, -0.2) is 61.3 Å². The van der Waals surface area contributed by atoms with E-state index in [4.69, 9.17) is 14.6 Å². The molecule has 0 saturated carbocycles. The molecule has 9 nitrogen and oxygen atoms in total. The van der Waals surface area contributed by atoms with Crippen molar-refractivity contribution in [2.75, 3.05) is 26.8 Å². The molecule has 0 unspecified atom stereocenters. The average molecular weight is 500 g/mol. The molecular weight excluding hydrogens is 470 g/mol. The number of hydrogen-bond acceptors (Lipinski definition) is 8. The molecule has 37 heavy (non-hydrogen) atoms. The van der Waals surface area contributed by atoms with Crippen molar-refractivity contribution in [3.63, 3.8) is 0 Å². The predicted octanol–water partition coefficient (Wildman–Crippen LogP) is 2.55. The van der Waals surface area contributed by atoms with Gasteiger partial charge in [0, 0.05) is 48.3 Å². The first kappa shape index (κ1) is 24.4. The number of nitrogens with zero attached hydrogens (tertiary/aromatic N) is 3. The van der Waals surface area contributed by atoms with Crippen molar-refractivity contribution in [3.8, 4) is 17.6 Å². The number of methoxy groups -OCH3 is 1. The number of ether oxygens (including phenoxy) is 2. The van der Waals surface area contributed by atoms with E-state index in [-0.39, 0.29) is 18.2 Å². The number of nitriles is 1. The molecule has 3 aliphatic rings. The number of amides is 1. The summed E-state index contributed by atoms with van der Waals surface area (Å²) < 4.78 is 11.5. The Bertz CT molecular complexity index is 1350. The fraction of sp³-hybridized carbons (Fsp3) is 0.321. The molecule has 1 amide bonds. The molecule has 5 rings (SSSR count). The van der Waals surface area contributed by atoms with Crippen molar-refractivity contribution >= 4 is 23.6 Å². The normalized spacial score (nSPS) is 18.9. The van der Waals surface area contributed by atoms with E-state index in [0.29, 0.717) is 37.2 Å². The minimum Gasteiger partial charge on any atom is -0.497 e. The quantitative estimate of drug-likeness (QED) is 0.559. The van der Waals surface area contributed by atoms with Gasteiger partial charge in [-0.2, -0.15) is 5.26 Å². The summed E-state index contributed by atoms with van der Waals surface area (Å²) in [6.45, 7) is 2.62. The first-order valence-electron chi connectivity index (χ1n) is 12.3. The number of aliphatic hydroxyl groups excluding tert-OH is 1. The largest absolute Gasteiger partial charge is 0.497 e. The third-order valence-corrected chi connectivity index (χ3v) is 6.94. The Labute approximate surface area is 215 Å². The topological polar surface area (TPSA) is 119 Å². The van der Waals surface area contributed by atoms with E-state index in [2.05, 4.69) is 27.8 Å².